The second-order valence-electron chi connectivity index (χ2n) is 4.28. The fourth-order valence-corrected chi connectivity index (χ4v) is 1.98. The van der Waals surface area contributed by atoms with E-state index in [2.05, 4.69) is 0 Å². The van der Waals surface area contributed by atoms with E-state index in [0.29, 0.717) is 13.2 Å². The summed E-state index contributed by atoms with van der Waals surface area (Å²) in [6.45, 7) is 0.647. The Bertz CT molecular complexity index is 166. The predicted octanol–water partition coefficient (Wildman–Crippen LogP) is 0.670. The van der Waals surface area contributed by atoms with Crippen LogP contribution in [0.5, 0.6) is 0 Å². The van der Waals surface area contributed by atoms with Gasteiger partial charge in [-0.15, -0.1) is 0 Å². The molecule has 90 valence electrons. The van der Waals surface area contributed by atoms with Gasteiger partial charge in [0.05, 0.1) is 19.3 Å². The van der Waals surface area contributed by atoms with Crippen molar-refractivity contribution in [2.45, 2.75) is 50.4 Å². The lowest BCUT2D eigenvalue weighted by molar-refractivity contribution is -0.0450. The average molecular weight is 217 g/mol. The lowest BCUT2D eigenvalue weighted by atomic mass is 10.1. The molecule has 4 heteroatoms. The third-order valence-corrected chi connectivity index (χ3v) is 2.87. The molecule has 15 heavy (non-hydrogen) atoms. The van der Waals surface area contributed by atoms with Gasteiger partial charge in [0.1, 0.15) is 6.10 Å². The van der Waals surface area contributed by atoms with E-state index >= 15 is 0 Å². The van der Waals surface area contributed by atoms with Gasteiger partial charge in [0.2, 0.25) is 0 Å². The van der Waals surface area contributed by atoms with Gasteiger partial charge in [0.15, 0.2) is 0 Å². The highest BCUT2D eigenvalue weighted by Gasteiger charge is 2.21. The molecule has 3 atom stereocenters. The Hall–Kier alpha value is -0.160. The van der Waals surface area contributed by atoms with Gasteiger partial charge in [-0.2, -0.15) is 0 Å². The lowest BCUT2D eigenvalue weighted by Gasteiger charge is -2.23. The molecule has 0 bridgehead atoms. The number of hydrogen-bond donors (Lipinski definition) is 2. The van der Waals surface area contributed by atoms with Crippen LogP contribution in [0.1, 0.15) is 32.1 Å². The van der Waals surface area contributed by atoms with Crippen LogP contribution in [0.25, 0.3) is 0 Å². The lowest BCUT2D eigenvalue weighted by Crippen LogP contribution is -2.38. The molecular formula is C11H23NO3. The summed E-state index contributed by atoms with van der Waals surface area (Å²) in [5.41, 5.74) is 6.00. The number of nitrogens with two attached hydrogens (primary N) is 1. The zero-order valence-corrected chi connectivity index (χ0v) is 9.52. The molecule has 0 radical (unpaired) electrons. The van der Waals surface area contributed by atoms with Crippen molar-refractivity contribution in [1.82, 2.24) is 0 Å². The van der Waals surface area contributed by atoms with Crippen molar-refractivity contribution in [3.05, 3.63) is 0 Å². The van der Waals surface area contributed by atoms with Gasteiger partial charge in [0, 0.05) is 13.2 Å². The Labute approximate surface area is 91.7 Å². The molecule has 0 spiro atoms. The van der Waals surface area contributed by atoms with E-state index in [1.807, 2.05) is 0 Å². The van der Waals surface area contributed by atoms with E-state index in [9.17, 15) is 5.11 Å². The van der Waals surface area contributed by atoms with Crippen LogP contribution in [0.2, 0.25) is 0 Å². The molecule has 0 heterocycles. The SMILES string of the molecule is COCC(O)COC1CCCCCC1N. The molecular weight excluding hydrogens is 194 g/mol. The third-order valence-electron chi connectivity index (χ3n) is 2.87. The van der Waals surface area contributed by atoms with E-state index in [1.165, 1.54) is 19.3 Å². The Kier molecular flexibility index (Phi) is 6.17. The molecule has 3 unspecified atom stereocenters. The summed E-state index contributed by atoms with van der Waals surface area (Å²) in [5.74, 6) is 0. The third kappa shape index (κ3) is 4.93. The number of aliphatic hydroxyl groups excluding tert-OH is 1. The van der Waals surface area contributed by atoms with Crippen LogP contribution in [0.15, 0.2) is 0 Å². The molecule has 0 aliphatic heterocycles. The number of methoxy groups -OCH3 is 1. The zero-order valence-electron chi connectivity index (χ0n) is 9.52. The summed E-state index contributed by atoms with van der Waals surface area (Å²) >= 11 is 0. The first-order chi connectivity index (χ1) is 7.24. The second-order valence-corrected chi connectivity index (χ2v) is 4.28. The standard InChI is InChI=1S/C11H23NO3/c1-14-7-9(13)8-15-11-6-4-2-3-5-10(11)12/h9-11,13H,2-8,12H2,1H3. The Morgan fingerprint density at radius 3 is 2.73 bits per heavy atom. The molecule has 1 fully saturated rings. The van der Waals surface area contributed by atoms with Crippen molar-refractivity contribution >= 4 is 0 Å². The monoisotopic (exact) mass is 217 g/mol. The van der Waals surface area contributed by atoms with E-state index in [0.717, 1.165) is 12.8 Å². The molecule has 3 N–H and O–H groups in total. The second kappa shape index (κ2) is 7.17. The van der Waals surface area contributed by atoms with E-state index in [1.54, 1.807) is 7.11 Å². The molecule has 1 aliphatic carbocycles. The number of aliphatic hydroxyl groups is 1. The molecule has 0 aromatic carbocycles. The quantitative estimate of drug-likeness (QED) is 0.664. The fraction of sp³-hybridized carbons (Fsp3) is 1.00. The summed E-state index contributed by atoms with van der Waals surface area (Å²) < 4.78 is 10.5. The van der Waals surface area contributed by atoms with Gasteiger partial charge in [-0.05, 0) is 12.8 Å². The number of rotatable bonds is 5. The largest absolute Gasteiger partial charge is 0.388 e. The highest BCUT2D eigenvalue weighted by atomic mass is 16.5. The van der Waals surface area contributed by atoms with Gasteiger partial charge < -0.3 is 20.3 Å². The van der Waals surface area contributed by atoms with Gasteiger partial charge >= 0.3 is 0 Å². The minimum atomic E-state index is -0.537. The highest BCUT2D eigenvalue weighted by molar-refractivity contribution is 4.77. The van der Waals surface area contributed by atoms with Crippen LogP contribution in [0, 0.1) is 0 Å². The molecule has 4 nitrogen and oxygen atoms in total. The summed E-state index contributed by atoms with van der Waals surface area (Å²) in [4.78, 5) is 0. The van der Waals surface area contributed by atoms with Crippen molar-refractivity contribution in [3.63, 3.8) is 0 Å². The summed E-state index contributed by atoms with van der Waals surface area (Å²) in [6, 6.07) is 0.127. The maximum atomic E-state index is 9.45. The first-order valence-corrected chi connectivity index (χ1v) is 5.78. The fourth-order valence-electron chi connectivity index (χ4n) is 1.98. The molecule has 0 saturated heterocycles. The average Bonchev–Trinajstić information content (AvgIpc) is 2.41. The summed E-state index contributed by atoms with van der Waals surface area (Å²) in [6.07, 6.45) is 5.24. The zero-order chi connectivity index (χ0) is 11.1. The Balaban J connectivity index is 2.22. The van der Waals surface area contributed by atoms with Crippen LogP contribution in [0.3, 0.4) is 0 Å². The van der Waals surface area contributed by atoms with Crippen molar-refractivity contribution in [1.29, 1.82) is 0 Å². The highest BCUT2D eigenvalue weighted by Crippen LogP contribution is 2.19. The van der Waals surface area contributed by atoms with Gasteiger partial charge in [-0.3, -0.25) is 0 Å². The summed E-state index contributed by atoms with van der Waals surface area (Å²) in [7, 11) is 1.57. The normalized spacial score (nSPS) is 29.8. The molecule has 0 amide bonds. The van der Waals surface area contributed by atoms with Crippen LogP contribution in [-0.4, -0.2) is 43.7 Å². The topological polar surface area (TPSA) is 64.7 Å². The first kappa shape index (κ1) is 12.9. The van der Waals surface area contributed by atoms with Crippen LogP contribution in [0.4, 0.5) is 0 Å². The number of hydrogen-bond acceptors (Lipinski definition) is 4. The predicted molar refractivity (Wildman–Crippen MR) is 58.7 cm³/mol. The minimum absolute atomic E-state index is 0.110. The van der Waals surface area contributed by atoms with Crippen molar-refractivity contribution in [2.75, 3.05) is 20.3 Å². The van der Waals surface area contributed by atoms with Gasteiger partial charge in [-0.25, -0.2) is 0 Å². The Morgan fingerprint density at radius 1 is 1.27 bits per heavy atom. The van der Waals surface area contributed by atoms with Crippen molar-refractivity contribution < 1.29 is 14.6 Å². The van der Waals surface area contributed by atoms with E-state index in [-0.39, 0.29) is 12.1 Å². The molecule has 0 aromatic heterocycles. The molecule has 1 rings (SSSR count). The first-order valence-electron chi connectivity index (χ1n) is 5.78. The molecule has 0 aromatic rings. The summed E-state index contributed by atoms with van der Waals surface area (Å²) in [5, 5.41) is 9.45. The maximum Gasteiger partial charge on any atom is 0.101 e. The van der Waals surface area contributed by atoms with Gasteiger partial charge in [-0.1, -0.05) is 19.3 Å². The van der Waals surface area contributed by atoms with Crippen molar-refractivity contribution in [3.8, 4) is 0 Å². The maximum absolute atomic E-state index is 9.45. The van der Waals surface area contributed by atoms with Gasteiger partial charge in [0.25, 0.3) is 0 Å². The van der Waals surface area contributed by atoms with Crippen LogP contribution < -0.4 is 5.73 Å². The molecule has 1 aliphatic rings. The molecule has 1 saturated carbocycles. The van der Waals surface area contributed by atoms with E-state index < -0.39 is 6.10 Å². The van der Waals surface area contributed by atoms with Crippen LogP contribution >= 0.6 is 0 Å². The van der Waals surface area contributed by atoms with E-state index in [4.69, 9.17) is 15.2 Å². The smallest absolute Gasteiger partial charge is 0.101 e. The Morgan fingerprint density at radius 2 is 2.00 bits per heavy atom. The van der Waals surface area contributed by atoms with Crippen molar-refractivity contribution in [2.24, 2.45) is 5.73 Å². The van der Waals surface area contributed by atoms with Crippen LogP contribution in [-0.2, 0) is 9.47 Å². The number of ether oxygens (including phenoxy) is 2. The minimum Gasteiger partial charge on any atom is -0.388 e.